The Kier molecular flexibility index (Phi) is 5.57. The third-order valence-corrected chi connectivity index (χ3v) is 5.54. The average Bonchev–Trinajstić information content (AvgIpc) is 3.17. The van der Waals surface area contributed by atoms with Gasteiger partial charge in [-0.05, 0) is 24.3 Å². The van der Waals surface area contributed by atoms with E-state index in [1.165, 1.54) is 23.5 Å². The van der Waals surface area contributed by atoms with Crippen molar-refractivity contribution in [3.05, 3.63) is 64.2 Å². The lowest BCUT2D eigenvalue weighted by Gasteiger charge is -2.29. The van der Waals surface area contributed by atoms with E-state index >= 15 is 0 Å². The molecular weight excluding hydrogens is 401 g/mol. The Hall–Kier alpha value is -2.48. The van der Waals surface area contributed by atoms with Crippen LogP contribution in [0.15, 0.2) is 47.8 Å². The maximum Gasteiger partial charge on any atom is 0.260 e. The first-order chi connectivity index (χ1) is 13.6. The molecule has 1 aliphatic rings. The summed E-state index contributed by atoms with van der Waals surface area (Å²) in [5, 5.41) is 5.42. The van der Waals surface area contributed by atoms with Gasteiger partial charge in [-0.1, -0.05) is 29.8 Å². The summed E-state index contributed by atoms with van der Waals surface area (Å²) in [6.07, 6.45) is 0. The van der Waals surface area contributed by atoms with Crippen LogP contribution in [0, 0.1) is 5.82 Å². The van der Waals surface area contributed by atoms with Crippen LogP contribution in [0.25, 0.3) is 11.3 Å². The van der Waals surface area contributed by atoms with Crippen LogP contribution in [0.4, 0.5) is 15.2 Å². The van der Waals surface area contributed by atoms with Gasteiger partial charge in [0, 0.05) is 34.7 Å². The van der Waals surface area contributed by atoms with Crippen molar-refractivity contribution in [2.75, 3.05) is 36.5 Å². The predicted octanol–water partition coefficient (Wildman–Crippen LogP) is 4.69. The molecule has 2 heterocycles. The lowest BCUT2D eigenvalue weighted by molar-refractivity contribution is 0.102. The van der Waals surface area contributed by atoms with Crippen LogP contribution >= 0.6 is 22.9 Å². The van der Waals surface area contributed by atoms with Gasteiger partial charge >= 0.3 is 0 Å². The molecule has 0 unspecified atom stereocenters. The number of hydrogen-bond donors (Lipinski definition) is 1. The minimum atomic E-state index is -0.565. The van der Waals surface area contributed by atoms with Crippen LogP contribution in [0.1, 0.15) is 10.4 Å². The van der Waals surface area contributed by atoms with Crippen LogP contribution < -0.4 is 10.2 Å². The van der Waals surface area contributed by atoms with E-state index in [1.807, 2.05) is 23.1 Å². The van der Waals surface area contributed by atoms with Gasteiger partial charge < -0.3 is 9.64 Å². The summed E-state index contributed by atoms with van der Waals surface area (Å²) in [5.74, 6) is -1.10. The maximum absolute atomic E-state index is 14.5. The maximum atomic E-state index is 14.5. The van der Waals surface area contributed by atoms with Crippen LogP contribution in [0.5, 0.6) is 0 Å². The van der Waals surface area contributed by atoms with Gasteiger partial charge in [-0.15, -0.1) is 11.3 Å². The van der Waals surface area contributed by atoms with Crippen molar-refractivity contribution in [3.63, 3.8) is 0 Å². The molecule has 1 amide bonds. The smallest absolute Gasteiger partial charge is 0.260 e. The highest BCUT2D eigenvalue weighted by Gasteiger charge is 2.18. The number of nitrogens with one attached hydrogen (secondary N) is 1. The number of rotatable bonds is 4. The van der Waals surface area contributed by atoms with Crippen molar-refractivity contribution in [2.24, 2.45) is 0 Å². The normalized spacial score (nSPS) is 14.1. The first kappa shape index (κ1) is 18.9. The largest absolute Gasteiger partial charge is 0.378 e. The Labute approximate surface area is 170 Å². The molecule has 1 N–H and O–H groups in total. The highest BCUT2D eigenvalue weighted by molar-refractivity contribution is 7.14. The van der Waals surface area contributed by atoms with E-state index in [2.05, 4.69) is 10.3 Å². The summed E-state index contributed by atoms with van der Waals surface area (Å²) in [6.45, 7) is 2.63. The molecule has 5 nitrogen and oxygen atoms in total. The minimum Gasteiger partial charge on any atom is -0.378 e. The van der Waals surface area contributed by atoms with Gasteiger partial charge in [-0.2, -0.15) is 0 Å². The van der Waals surface area contributed by atoms with Gasteiger partial charge in [0.2, 0.25) is 0 Å². The van der Waals surface area contributed by atoms with Crippen molar-refractivity contribution < 1.29 is 13.9 Å². The monoisotopic (exact) mass is 417 g/mol. The number of amides is 1. The number of carbonyl (C=O) groups is 1. The van der Waals surface area contributed by atoms with Gasteiger partial charge in [-0.3, -0.25) is 10.1 Å². The Morgan fingerprint density at radius 2 is 2.00 bits per heavy atom. The topological polar surface area (TPSA) is 54.5 Å². The number of ether oxygens (including phenoxy) is 1. The molecule has 0 aliphatic carbocycles. The molecule has 8 heteroatoms. The average molecular weight is 418 g/mol. The number of hydrogen-bond acceptors (Lipinski definition) is 5. The number of morpholine rings is 1. The molecule has 2 aromatic carbocycles. The zero-order valence-corrected chi connectivity index (χ0v) is 16.4. The van der Waals surface area contributed by atoms with Crippen molar-refractivity contribution in [1.29, 1.82) is 0 Å². The summed E-state index contributed by atoms with van der Waals surface area (Å²) >= 11 is 7.45. The van der Waals surface area contributed by atoms with Crippen LogP contribution in [0.2, 0.25) is 5.02 Å². The van der Waals surface area contributed by atoms with E-state index in [0.717, 1.165) is 11.3 Å². The van der Waals surface area contributed by atoms with Gasteiger partial charge in [-0.25, -0.2) is 9.37 Å². The molecule has 0 atom stereocenters. The minimum absolute atomic E-state index is 0.0218. The summed E-state index contributed by atoms with van der Waals surface area (Å²) in [6, 6.07) is 12.0. The number of aromatic nitrogens is 1. The lowest BCUT2D eigenvalue weighted by atomic mass is 10.1. The number of carbonyl (C=O) groups excluding carboxylic acids is 1. The molecule has 28 heavy (non-hydrogen) atoms. The van der Waals surface area contributed by atoms with E-state index in [1.54, 1.807) is 17.5 Å². The molecule has 0 bridgehead atoms. The van der Waals surface area contributed by atoms with E-state index in [4.69, 9.17) is 16.3 Å². The van der Waals surface area contributed by atoms with Gasteiger partial charge in [0.15, 0.2) is 5.13 Å². The van der Waals surface area contributed by atoms with Gasteiger partial charge in [0.1, 0.15) is 5.82 Å². The fourth-order valence-corrected chi connectivity index (χ4v) is 3.93. The third kappa shape index (κ3) is 4.01. The Balaban J connectivity index is 1.49. The molecule has 4 rings (SSSR count). The number of benzene rings is 2. The van der Waals surface area contributed by atoms with E-state index in [0.29, 0.717) is 42.2 Å². The molecule has 1 saturated heterocycles. The van der Waals surface area contributed by atoms with Crippen LogP contribution in [-0.4, -0.2) is 37.2 Å². The highest BCUT2D eigenvalue weighted by Crippen LogP contribution is 2.30. The van der Waals surface area contributed by atoms with Gasteiger partial charge in [0.25, 0.3) is 5.91 Å². The summed E-state index contributed by atoms with van der Waals surface area (Å²) in [7, 11) is 0. The quantitative estimate of drug-likeness (QED) is 0.669. The fraction of sp³-hybridized carbons (Fsp3) is 0.200. The summed E-state index contributed by atoms with van der Waals surface area (Å²) in [4.78, 5) is 18.9. The number of halogens is 2. The van der Waals surface area contributed by atoms with Crippen molar-refractivity contribution in [3.8, 4) is 11.3 Å². The molecule has 0 radical (unpaired) electrons. The predicted molar refractivity (Wildman–Crippen MR) is 110 cm³/mol. The second kappa shape index (κ2) is 8.26. The second-order valence-corrected chi connectivity index (χ2v) is 7.50. The SMILES string of the molecule is O=C(Nc1nc(-c2ccccc2Cl)cs1)c1ccc(N2CCOCC2)cc1F. The molecule has 1 aliphatic heterocycles. The number of thiazole rings is 1. The first-order valence-corrected chi connectivity index (χ1v) is 10.0. The van der Waals surface area contributed by atoms with E-state index < -0.39 is 11.7 Å². The lowest BCUT2D eigenvalue weighted by Crippen LogP contribution is -2.36. The van der Waals surface area contributed by atoms with Crippen LogP contribution in [-0.2, 0) is 4.74 Å². The Morgan fingerprint density at radius 3 is 2.75 bits per heavy atom. The highest BCUT2D eigenvalue weighted by atomic mass is 35.5. The Morgan fingerprint density at radius 1 is 1.21 bits per heavy atom. The van der Waals surface area contributed by atoms with Crippen molar-refractivity contribution in [1.82, 2.24) is 4.98 Å². The summed E-state index contributed by atoms with van der Waals surface area (Å²) < 4.78 is 19.8. The molecule has 3 aromatic rings. The zero-order valence-electron chi connectivity index (χ0n) is 14.8. The number of anilines is 2. The van der Waals surface area contributed by atoms with Crippen molar-refractivity contribution in [2.45, 2.75) is 0 Å². The van der Waals surface area contributed by atoms with E-state index in [9.17, 15) is 9.18 Å². The second-order valence-electron chi connectivity index (χ2n) is 6.24. The number of nitrogens with zero attached hydrogens (tertiary/aromatic N) is 2. The molecule has 1 aromatic heterocycles. The third-order valence-electron chi connectivity index (χ3n) is 4.45. The molecule has 0 saturated carbocycles. The standard InChI is InChI=1S/C20H17ClFN3O2S/c21-16-4-2-1-3-14(16)18-12-28-20(23-18)24-19(26)15-6-5-13(11-17(15)22)25-7-9-27-10-8-25/h1-6,11-12H,7-10H2,(H,23,24,26). The van der Waals surface area contributed by atoms with Gasteiger partial charge in [0.05, 0.1) is 24.5 Å². The van der Waals surface area contributed by atoms with Crippen LogP contribution in [0.3, 0.4) is 0 Å². The molecular formula is C20H17ClFN3O2S. The Bertz CT molecular complexity index is 1000. The molecule has 1 fully saturated rings. The zero-order chi connectivity index (χ0) is 19.5. The first-order valence-electron chi connectivity index (χ1n) is 8.76. The summed E-state index contributed by atoms with van der Waals surface area (Å²) in [5.41, 5.74) is 2.16. The molecule has 0 spiro atoms. The van der Waals surface area contributed by atoms with Crippen molar-refractivity contribution >= 4 is 39.7 Å². The fourth-order valence-electron chi connectivity index (χ4n) is 2.99. The molecule has 144 valence electrons. The van der Waals surface area contributed by atoms with E-state index in [-0.39, 0.29) is 5.56 Å².